The van der Waals surface area contributed by atoms with Crippen molar-refractivity contribution < 1.29 is 9.90 Å². The van der Waals surface area contributed by atoms with Gasteiger partial charge in [-0.15, -0.1) is 0 Å². The first-order valence-corrected chi connectivity index (χ1v) is 6.22. The predicted octanol–water partition coefficient (Wildman–Crippen LogP) is 0.958. The first-order chi connectivity index (χ1) is 8.67. The molecule has 1 rings (SSSR count). The molecule has 0 fully saturated rings. The minimum Gasteiger partial charge on any atom is -0.396 e. The van der Waals surface area contributed by atoms with Gasteiger partial charge < -0.3 is 10.4 Å². The Labute approximate surface area is 108 Å². The molecule has 0 aliphatic heterocycles. The van der Waals surface area contributed by atoms with Gasteiger partial charge in [-0.3, -0.25) is 9.48 Å². The van der Waals surface area contributed by atoms with E-state index in [4.69, 9.17) is 5.11 Å². The van der Waals surface area contributed by atoms with Crippen molar-refractivity contribution in [2.75, 3.05) is 13.2 Å². The summed E-state index contributed by atoms with van der Waals surface area (Å²) in [6.07, 6.45) is 6.60. The smallest absolute Gasteiger partial charge is 0.244 e. The number of carbonyl (C=O) groups is 1. The molecule has 100 valence electrons. The SMILES string of the molecule is CCC(CCO)CNC(=O)C=Cc1ccnn1C. The van der Waals surface area contributed by atoms with Gasteiger partial charge in [-0.1, -0.05) is 13.3 Å². The molecule has 0 aromatic carbocycles. The molecule has 0 aliphatic rings. The highest BCUT2D eigenvalue weighted by atomic mass is 16.3. The van der Waals surface area contributed by atoms with Crippen LogP contribution in [0.1, 0.15) is 25.5 Å². The molecule has 2 N–H and O–H groups in total. The van der Waals surface area contributed by atoms with Gasteiger partial charge in [0.15, 0.2) is 0 Å². The molecular weight excluding hydrogens is 230 g/mol. The number of rotatable bonds is 7. The summed E-state index contributed by atoms with van der Waals surface area (Å²) in [6, 6.07) is 1.84. The number of aromatic nitrogens is 2. The van der Waals surface area contributed by atoms with Crippen LogP contribution in [0, 0.1) is 5.92 Å². The Morgan fingerprint density at radius 1 is 1.67 bits per heavy atom. The molecule has 1 aromatic heterocycles. The third kappa shape index (κ3) is 4.71. The van der Waals surface area contributed by atoms with E-state index in [-0.39, 0.29) is 12.5 Å². The van der Waals surface area contributed by atoms with Crippen molar-refractivity contribution in [2.45, 2.75) is 19.8 Å². The van der Waals surface area contributed by atoms with Crippen LogP contribution >= 0.6 is 0 Å². The predicted molar refractivity (Wildman–Crippen MR) is 70.7 cm³/mol. The van der Waals surface area contributed by atoms with E-state index in [2.05, 4.69) is 17.3 Å². The molecule has 5 heteroatoms. The van der Waals surface area contributed by atoms with E-state index in [9.17, 15) is 4.79 Å². The lowest BCUT2D eigenvalue weighted by molar-refractivity contribution is -0.116. The van der Waals surface area contributed by atoms with Crippen LogP contribution in [0.25, 0.3) is 6.08 Å². The van der Waals surface area contributed by atoms with Crippen LogP contribution in [0.5, 0.6) is 0 Å². The topological polar surface area (TPSA) is 67.2 Å². The Kier molecular flexibility index (Phi) is 6.14. The van der Waals surface area contributed by atoms with E-state index in [1.54, 1.807) is 17.0 Å². The van der Waals surface area contributed by atoms with Gasteiger partial charge in [0.25, 0.3) is 0 Å². The van der Waals surface area contributed by atoms with Crippen LogP contribution in [-0.4, -0.2) is 33.9 Å². The van der Waals surface area contributed by atoms with Crippen LogP contribution in [0.3, 0.4) is 0 Å². The average molecular weight is 251 g/mol. The maximum absolute atomic E-state index is 11.6. The normalized spacial score (nSPS) is 12.8. The third-order valence-corrected chi connectivity index (χ3v) is 2.94. The molecule has 1 amide bonds. The van der Waals surface area contributed by atoms with Crippen molar-refractivity contribution in [1.29, 1.82) is 0 Å². The van der Waals surface area contributed by atoms with Gasteiger partial charge in [-0.2, -0.15) is 5.10 Å². The van der Waals surface area contributed by atoms with Gasteiger partial charge in [0.05, 0.1) is 5.69 Å². The molecule has 1 aromatic rings. The summed E-state index contributed by atoms with van der Waals surface area (Å²) >= 11 is 0. The summed E-state index contributed by atoms with van der Waals surface area (Å²) in [5.41, 5.74) is 0.882. The fraction of sp³-hybridized carbons (Fsp3) is 0.538. The number of amides is 1. The van der Waals surface area contributed by atoms with Gasteiger partial charge in [0, 0.05) is 32.5 Å². The molecule has 1 atom stereocenters. The zero-order valence-electron chi connectivity index (χ0n) is 11.0. The van der Waals surface area contributed by atoms with Crippen molar-refractivity contribution in [3.05, 3.63) is 24.0 Å². The van der Waals surface area contributed by atoms with Crippen molar-refractivity contribution in [3.8, 4) is 0 Å². The Bertz CT molecular complexity index is 399. The van der Waals surface area contributed by atoms with E-state index in [0.717, 1.165) is 18.5 Å². The van der Waals surface area contributed by atoms with E-state index in [1.165, 1.54) is 6.08 Å². The number of nitrogens with zero attached hydrogens (tertiary/aromatic N) is 2. The summed E-state index contributed by atoms with van der Waals surface area (Å²) < 4.78 is 1.70. The van der Waals surface area contributed by atoms with Gasteiger partial charge in [-0.25, -0.2) is 0 Å². The van der Waals surface area contributed by atoms with Crippen molar-refractivity contribution in [1.82, 2.24) is 15.1 Å². The monoisotopic (exact) mass is 251 g/mol. The summed E-state index contributed by atoms with van der Waals surface area (Å²) in [5.74, 6) is 0.219. The molecule has 1 unspecified atom stereocenters. The molecule has 1 heterocycles. The number of carbonyl (C=O) groups excluding carboxylic acids is 1. The maximum atomic E-state index is 11.6. The van der Waals surface area contributed by atoms with Crippen molar-refractivity contribution in [2.24, 2.45) is 13.0 Å². The number of hydrogen-bond donors (Lipinski definition) is 2. The van der Waals surface area contributed by atoms with Crippen LogP contribution < -0.4 is 5.32 Å². The van der Waals surface area contributed by atoms with Crippen LogP contribution in [0.15, 0.2) is 18.3 Å². The minimum absolute atomic E-state index is 0.118. The summed E-state index contributed by atoms with van der Waals surface area (Å²) in [5, 5.41) is 15.7. The second-order valence-electron chi connectivity index (χ2n) is 4.24. The van der Waals surface area contributed by atoms with E-state index < -0.39 is 0 Å². The molecule has 0 spiro atoms. The standard InChI is InChI=1S/C13H21N3O2/c1-3-11(7-9-17)10-14-13(18)5-4-12-6-8-15-16(12)2/h4-6,8,11,17H,3,7,9-10H2,1-2H3,(H,14,18). The third-order valence-electron chi connectivity index (χ3n) is 2.94. The second kappa shape index (κ2) is 7.66. The lowest BCUT2D eigenvalue weighted by atomic mass is 10.0. The number of hydrogen-bond acceptors (Lipinski definition) is 3. The molecular formula is C13H21N3O2. The van der Waals surface area contributed by atoms with E-state index >= 15 is 0 Å². The molecule has 0 radical (unpaired) electrons. The Hall–Kier alpha value is -1.62. The Balaban J connectivity index is 2.38. The second-order valence-corrected chi connectivity index (χ2v) is 4.24. The number of aliphatic hydroxyl groups excluding tert-OH is 1. The quantitative estimate of drug-likeness (QED) is 0.709. The fourth-order valence-electron chi connectivity index (χ4n) is 1.65. The van der Waals surface area contributed by atoms with Crippen molar-refractivity contribution >= 4 is 12.0 Å². The van der Waals surface area contributed by atoms with Gasteiger partial charge in [0.1, 0.15) is 0 Å². The zero-order chi connectivity index (χ0) is 13.4. The highest BCUT2D eigenvalue weighted by Gasteiger charge is 2.06. The molecule has 0 bridgehead atoms. The average Bonchev–Trinajstić information content (AvgIpc) is 2.77. The van der Waals surface area contributed by atoms with Crippen molar-refractivity contribution in [3.63, 3.8) is 0 Å². The molecule has 0 aliphatic carbocycles. The summed E-state index contributed by atoms with van der Waals surface area (Å²) in [4.78, 5) is 11.6. The summed E-state index contributed by atoms with van der Waals surface area (Å²) in [6.45, 7) is 2.82. The minimum atomic E-state index is -0.118. The first-order valence-electron chi connectivity index (χ1n) is 6.22. The van der Waals surface area contributed by atoms with E-state index in [1.807, 2.05) is 13.1 Å². The van der Waals surface area contributed by atoms with E-state index in [0.29, 0.717) is 12.5 Å². The van der Waals surface area contributed by atoms with Crippen LogP contribution in [0.2, 0.25) is 0 Å². The molecule has 0 saturated carbocycles. The zero-order valence-corrected chi connectivity index (χ0v) is 11.0. The van der Waals surface area contributed by atoms with Gasteiger partial charge in [-0.05, 0) is 24.5 Å². The lowest BCUT2D eigenvalue weighted by Gasteiger charge is -2.13. The number of nitrogens with one attached hydrogen (secondary N) is 1. The Morgan fingerprint density at radius 3 is 3.00 bits per heavy atom. The first kappa shape index (κ1) is 14.4. The molecule has 18 heavy (non-hydrogen) atoms. The highest BCUT2D eigenvalue weighted by Crippen LogP contribution is 2.05. The lowest BCUT2D eigenvalue weighted by Crippen LogP contribution is -2.28. The highest BCUT2D eigenvalue weighted by molar-refractivity contribution is 5.91. The Morgan fingerprint density at radius 2 is 2.44 bits per heavy atom. The molecule has 5 nitrogen and oxygen atoms in total. The molecule has 0 saturated heterocycles. The van der Waals surface area contributed by atoms with Gasteiger partial charge in [0.2, 0.25) is 5.91 Å². The summed E-state index contributed by atoms with van der Waals surface area (Å²) in [7, 11) is 1.83. The largest absolute Gasteiger partial charge is 0.396 e. The maximum Gasteiger partial charge on any atom is 0.244 e. The fourth-order valence-corrected chi connectivity index (χ4v) is 1.65. The number of aryl methyl sites for hydroxylation is 1. The van der Waals surface area contributed by atoms with Gasteiger partial charge >= 0.3 is 0 Å². The van der Waals surface area contributed by atoms with Crippen LogP contribution in [-0.2, 0) is 11.8 Å². The van der Waals surface area contributed by atoms with Crippen LogP contribution in [0.4, 0.5) is 0 Å². The number of aliphatic hydroxyl groups is 1.